The fraction of sp³-hybridized carbons (Fsp3) is 0.211. The topological polar surface area (TPSA) is 72.6 Å². The Morgan fingerprint density at radius 3 is 2.61 bits per heavy atom. The highest BCUT2D eigenvalue weighted by Gasteiger charge is 2.22. The predicted molar refractivity (Wildman–Crippen MR) is 110 cm³/mol. The summed E-state index contributed by atoms with van der Waals surface area (Å²) in [5.74, 6) is 1.36. The molecule has 1 aliphatic heterocycles. The summed E-state index contributed by atoms with van der Waals surface area (Å²) in [6, 6.07) is 11.5. The monoisotopic (exact) mass is 409 g/mol. The van der Waals surface area contributed by atoms with Gasteiger partial charge < -0.3 is 4.90 Å². The fourth-order valence-electron chi connectivity index (χ4n) is 3.32. The van der Waals surface area contributed by atoms with Gasteiger partial charge in [-0.15, -0.1) is 16.4 Å². The minimum Gasteiger partial charge on any atom is -0.341 e. The number of benzene rings is 1. The number of rotatable bonds is 4. The van der Waals surface area contributed by atoms with E-state index >= 15 is 0 Å². The van der Waals surface area contributed by atoms with E-state index in [1.807, 2.05) is 41.9 Å². The van der Waals surface area contributed by atoms with Crippen molar-refractivity contribution in [2.75, 3.05) is 18.0 Å². The quantitative estimate of drug-likeness (QED) is 0.505. The van der Waals surface area contributed by atoms with Crippen molar-refractivity contribution >= 4 is 28.9 Å². The Morgan fingerprint density at radius 2 is 1.86 bits per heavy atom. The summed E-state index contributed by atoms with van der Waals surface area (Å²) in [5, 5.41) is 15.0. The molecule has 1 aromatic carbocycles. The molecule has 4 aromatic rings. The molecule has 0 spiro atoms. The smallest absolute Gasteiger partial charge is 0.225 e. The number of aromatic nitrogens is 6. The van der Waals surface area contributed by atoms with Gasteiger partial charge in [0.05, 0.1) is 21.8 Å². The van der Waals surface area contributed by atoms with E-state index < -0.39 is 0 Å². The van der Waals surface area contributed by atoms with Crippen LogP contribution in [0.4, 0.5) is 5.95 Å². The molecule has 0 amide bonds. The van der Waals surface area contributed by atoms with Gasteiger partial charge in [0.1, 0.15) is 0 Å². The standard InChI is InChI=1S/C19H16ClN7S/c20-13-5-7-14(8-6-13)27-18(23-24-25-27)15-12-21-19(26-9-1-2-10-26)22-17(15)16-4-3-11-28-16/h3-8,11-12H,1-2,9-10H2. The van der Waals surface area contributed by atoms with Crippen molar-refractivity contribution in [1.82, 2.24) is 30.2 Å². The lowest BCUT2D eigenvalue weighted by Crippen LogP contribution is -2.20. The number of anilines is 1. The first-order valence-corrected chi connectivity index (χ1v) is 10.3. The summed E-state index contributed by atoms with van der Waals surface area (Å²) in [5.41, 5.74) is 2.47. The summed E-state index contributed by atoms with van der Waals surface area (Å²) in [4.78, 5) is 12.8. The molecular weight excluding hydrogens is 394 g/mol. The van der Waals surface area contributed by atoms with Gasteiger partial charge in [0.15, 0.2) is 5.82 Å². The average Bonchev–Trinajstić information content (AvgIpc) is 3.50. The van der Waals surface area contributed by atoms with Gasteiger partial charge in [0.2, 0.25) is 5.95 Å². The Bertz CT molecular complexity index is 1090. The molecular formula is C19H16ClN7S. The van der Waals surface area contributed by atoms with Crippen molar-refractivity contribution < 1.29 is 0 Å². The Labute approximate surface area is 170 Å². The maximum absolute atomic E-state index is 6.02. The van der Waals surface area contributed by atoms with E-state index in [-0.39, 0.29) is 0 Å². The molecule has 0 unspecified atom stereocenters. The Kier molecular flexibility index (Phi) is 4.50. The summed E-state index contributed by atoms with van der Waals surface area (Å²) in [7, 11) is 0. The van der Waals surface area contributed by atoms with E-state index in [4.69, 9.17) is 16.6 Å². The molecule has 0 aliphatic carbocycles. The number of hydrogen-bond donors (Lipinski definition) is 0. The maximum Gasteiger partial charge on any atom is 0.225 e. The zero-order valence-electron chi connectivity index (χ0n) is 14.9. The predicted octanol–water partition coefficient (Wildman–Crippen LogP) is 4.10. The summed E-state index contributed by atoms with van der Waals surface area (Å²) in [6.45, 7) is 1.98. The second-order valence-electron chi connectivity index (χ2n) is 6.49. The second kappa shape index (κ2) is 7.29. The van der Waals surface area contributed by atoms with Crippen LogP contribution in [0.15, 0.2) is 48.0 Å². The lowest BCUT2D eigenvalue weighted by molar-refractivity contribution is 0.791. The summed E-state index contributed by atoms with van der Waals surface area (Å²) < 4.78 is 1.68. The van der Waals surface area contributed by atoms with Gasteiger partial charge in [-0.3, -0.25) is 0 Å². The Hall–Kier alpha value is -2.84. The molecule has 5 rings (SSSR count). The average molecular weight is 410 g/mol. The Balaban J connectivity index is 1.64. The molecule has 0 radical (unpaired) electrons. The molecule has 1 aliphatic rings. The number of halogens is 1. The largest absolute Gasteiger partial charge is 0.341 e. The molecule has 0 saturated carbocycles. The highest BCUT2D eigenvalue weighted by atomic mass is 35.5. The van der Waals surface area contributed by atoms with Crippen molar-refractivity contribution in [3.63, 3.8) is 0 Å². The summed E-state index contributed by atoms with van der Waals surface area (Å²) >= 11 is 7.66. The van der Waals surface area contributed by atoms with Crippen molar-refractivity contribution in [1.29, 1.82) is 0 Å². The van der Waals surface area contributed by atoms with Crippen LogP contribution in [-0.2, 0) is 0 Å². The van der Waals surface area contributed by atoms with Crippen LogP contribution in [0.25, 0.3) is 27.6 Å². The molecule has 9 heteroatoms. The van der Waals surface area contributed by atoms with Gasteiger partial charge >= 0.3 is 0 Å². The van der Waals surface area contributed by atoms with Crippen LogP contribution in [-0.4, -0.2) is 43.3 Å². The van der Waals surface area contributed by atoms with Gasteiger partial charge in [-0.1, -0.05) is 17.7 Å². The lowest BCUT2D eigenvalue weighted by atomic mass is 10.2. The number of hydrogen-bond acceptors (Lipinski definition) is 7. The van der Waals surface area contributed by atoms with Crippen molar-refractivity contribution in [3.8, 4) is 27.6 Å². The molecule has 28 heavy (non-hydrogen) atoms. The van der Waals surface area contributed by atoms with Crippen molar-refractivity contribution in [2.45, 2.75) is 12.8 Å². The van der Waals surface area contributed by atoms with E-state index in [0.717, 1.165) is 40.9 Å². The van der Waals surface area contributed by atoms with Gasteiger partial charge in [-0.05, 0) is 59.0 Å². The lowest BCUT2D eigenvalue weighted by Gasteiger charge is -2.17. The van der Waals surface area contributed by atoms with Gasteiger partial charge in [0, 0.05) is 24.3 Å². The van der Waals surface area contributed by atoms with Crippen molar-refractivity contribution in [2.24, 2.45) is 0 Å². The molecule has 0 N–H and O–H groups in total. The minimum atomic E-state index is 0.596. The Morgan fingerprint density at radius 1 is 1.04 bits per heavy atom. The van der Waals surface area contributed by atoms with E-state index in [2.05, 4.69) is 31.5 Å². The molecule has 140 valence electrons. The number of tetrazole rings is 1. The first kappa shape index (κ1) is 17.3. The molecule has 1 fully saturated rings. The third-order valence-electron chi connectivity index (χ3n) is 4.70. The normalized spacial score (nSPS) is 14.0. The number of thiophene rings is 1. The first-order valence-electron chi connectivity index (χ1n) is 9.00. The zero-order valence-corrected chi connectivity index (χ0v) is 16.4. The van der Waals surface area contributed by atoms with Crippen LogP contribution in [0.3, 0.4) is 0 Å². The SMILES string of the molecule is Clc1ccc(-n2nnnc2-c2cnc(N3CCCC3)nc2-c2cccs2)cc1. The molecule has 7 nitrogen and oxygen atoms in total. The van der Waals surface area contributed by atoms with Crippen LogP contribution < -0.4 is 4.90 Å². The molecule has 1 saturated heterocycles. The molecule has 0 bridgehead atoms. The van der Waals surface area contributed by atoms with Crippen LogP contribution >= 0.6 is 22.9 Å². The van der Waals surface area contributed by atoms with E-state index in [1.54, 1.807) is 16.0 Å². The summed E-state index contributed by atoms with van der Waals surface area (Å²) in [6.07, 6.45) is 4.18. The highest BCUT2D eigenvalue weighted by Crippen LogP contribution is 2.34. The van der Waals surface area contributed by atoms with Crippen LogP contribution in [0.2, 0.25) is 5.02 Å². The van der Waals surface area contributed by atoms with Crippen LogP contribution in [0, 0.1) is 0 Å². The molecule has 4 heterocycles. The van der Waals surface area contributed by atoms with Crippen molar-refractivity contribution in [3.05, 3.63) is 53.0 Å². The third kappa shape index (κ3) is 3.14. The minimum absolute atomic E-state index is 0.596. The first-order chi connectivity index (χ1) is 13.8. The zero-order chi connectivity index (χ0) is 18.9. The maximum atomic E-state index is 6.02. The van der Waals surface area contributed by atoms with Crippen LogP contribution in [0.1, 0.15) is 12.8 Å². The molecule has 0 atom stereocenters. The second-order valence-corrected chi connectivity index (χ2v) is 7.88. The van der Waals surface area contributed by atoms with Gasteiger partial charge in [-0.2, -0.15) is 4.68 Å². The van der Waals surface area contributed by atoms with Crippen LogP contribution in [0.5, 0.6) is 0 Å². The third-order valence-corrected chi connectivity index (χ3v) is 5.83. The van der Waals surface area contributed by atoms with E-state index in [1.165, 1.54) is 12.8 Å². The number of nitrogens with zero attached hydrogens (tertiary/aromatic N) is 7. The van der Waals surface area contributed by atoms with Gasteiger partial charge in [-0.25, -0.2) is 9.97 Å². The van der Waals surface area contributed by atoms with E-state index in [9.17, 15) is 0 Å². The van der Waals surface area contributed by atoms with Gasteiger partial charge in [0.25, 0.3) is 0 Å². The fourth-order valence-corrected chi connectivity index (χ4v) is 4.17. The highest BCUT2D eigenvalue weighted by molar-refractivity contribution is 7.13. The molecule has 3 aromatic heterocycles. The van der Waals surface area contributed by atoms with E-state index in [0.29, 0.717) is 10.8 Å².